The van der Waals surface area contributed by atoms with Crippen molar-refractivity contribution in [2.45, 2.75) is 6.92 Å². The van der Waals surface area contributed by atoms with Crippen LogP contribution in [-0.2, 0) is 4.79 Å². The summed E-state index contributed by atoms with van der Waals surface area (Å²) in [5, 5.41) is 21.9. The summed E-state index contributed by atoms with van der Waals surface area (Å²) in [6.45, 7) is 2.18. The van der Waals surface area contributed by atoms with Crippen molar-refractivity contribution in [1.29, 1.82) is 5.26 Å². The summed E-state index contributed by atoms with van der Waals surface area (Å²) in [5.74, 6) is -0.259. The van der Waals surface area contributed by atoms with Gasteiger partial charge in [-0.3, -0.25) is 4.79 Å². The molecule has 0 atom stereocenters. The Kier molecular flexibility index (Phi) is 6.84. The quantitative estimate of drug-likeness (QED) is 0.345. The lowest BCUT2D eigenvalue weighted by atomic mass is 10.1. The van der Waals surface area contributed by atoms with Crippen molar-refractivity contribution in [3.05, 3.63) is 55.6 Å². The second kappa shape index (κ2) is 8.87. The Hall–Kier alpha value is -2.05. The summed E-state index contributed by atoms with van der Waals surface area (Å²) in [7, 11) is 0. The van der Waals surface area contributed by atoms with Gasteiger partial charge in [0.05, 0.1) is 11.1 Å². The lowest BCUT2D eigenvalue weighted by Gasteiger charge is -2.09. The molecule has 0 unspecified atom stereocenters. The molecule has 0 fully saturated rings. The van der Waals surface area contributed by atoms with Crippen LogP contribution >= 0.6 is 38.5 Å². The zero-order valence-corrected chi connectivity index (χ0v) is 17.0. The van der Waals surface area contributed by atoms with Crippen LogP contribution in [0.15, 0.2) is 46.4 Å². The number of carbonyl (C=O) groups excluding carboxylic acids is 1. The summed E-state index contributed by atoms with van der Waals surface area (Å²) in [4.78, 5) is 12.3. The molecule has 0 bridgehead atoms. The van der Waals surface area contributed by atoms with Crippen molar-refractivity contribution in [2.24, 2.45) is 0 Å². The molecule has 5 nitrogen and oxygen atoms in total. The number of hydrogen-bond donors (Lipinski definition) is 2. The lowest BCUT2D eigenvalue weighted by molar-refractivity contribution is -0.112. The van der Waals surface area contributed by atoms with E-state index in [1.807, 2.05) is 18.2 Å². The van der Waals surface area contributed by atoms with Crippen molar-refractivity contribution in [3.63, 3.8) is 0 Å². The molecule has 2 rings (SSSR count). The Labute approximate surface area is 167 Å². The maximum atomic E-state index is 12.3. The van der Waals surface area contributed by atoms with Crippen molar-refractivity contribution in [2.75, 3.05) is 11.9 Å². The summed E-state index contributed by atoms with van der Waals surface area (Å²) in [5.41, 5.74) is 1.11. The van der Waals surface area contributed by atoms with Crippen molar-refractivity contribution in [3.8, 4) is 17.6 Å². The predicted octanol–water partition coefficient (Wildman–Crippen LogP) is 4.70. The Morgan fingerprint density at radius 2 is 2.08 bits per heavy atom. The summed E-state index contributed by atoms with van der Waals surface area (Å²) in [6.07, 6.45) is 1.44. The van der Waals surface area contributed by atoms with Gasteiger partial charge >= 0.3 is 0 Å². The van der Waals surface area contributed by atoms with Gasteiger partial charge in [-0.1, -0.05) is 0 Å². The van der Waals surface area contributed by atoms with E-state index in [1.54, 1.807) is 31.2 Å². The average molecular weight is 513 g/mol. The Morgan fingerprint density at radius 1 is 1.40 bits per heavy atom. The topological polar surface area (TPSA) is 82.3 Å². The molecule has 0 aliphatic rings. The number of nitrogens with one attached hydrogen (secondary N) is 1. The molecule has 25 heavy (non-hydrogen) atoms. The van der Waals surface area contributed by atoms with Crippen LogP contribution in [0.2, 0.25) is 0 Å². The fourth-order valence-electron chi connectivity index (χ4n) is 1.99. The number of benzene rings is 2. The third-order valence-electron chi connectivity index (χ3n) is 3.13. The van der Waals surface area contributed by atoms with Gasteiger partial charge in [-0.25, -0.2) is 0 Å². The number of nitriles is 1. The maximum absolute atomic E-state index is 12.3. The van der Waals surface area contributed by atoms with Gasteiger partial charge in [-0.15, -0.1) is 0 Å². The first-order valence-electron chi connectivity index (χ1n) is 7.28. The molecule has 0 aromatic heterocycles. The van der Waals surface area contributed by atoms with Crippen LogP contribution in [-0.4, -0.2) is 17.6 Å². The zero-order chi connectivity index (χ0) is 18.4. The number of ether oxygens (including phenoxy) is 1. The van der Waals surface area contributed by atoms with E-state index >= 15 is 0 Å². The fourth-order valence-corrected chi connectivity index (χ4v) is 2.81. The molecule has 0 saturated carbocycles. The number of anilines is 1. The van der Waals surface area contributed by atoms with Crippen molar-refractivity contribution in [1.82, 2.24) is 0 Å². The van der Waals surface area contributed by atoms with Crippen LogP contribution in [0.4, 0.5) is 5.69 Å². The number of nitrogens with zero attached hydrogens (tertiary/aromatic N) is 1. The minimum atomic E-state index is -0.508. The third kappa shape index (κ3) is 5.21. The van der Waals surface area contributed by atoms with Gasteiger partial charge in [0.2, 0.25) is 0 Å². The van der Waals surface area contributed by atoms with E-state index in [9.17, 15) is 15.2 Å². The summed E-state index contributed by atoms with van der Waals surface area (Å²) in [6, 6.07) is 12.3. The largest absolute Gasteiger partial charge is 0.503 e. The Bertz CT molecular complexity index is 858. The highest BCUT2D eigenvalue weighted by molar-refractivity contribution is 14.1. The second-order valence-electron chi connectivity index (χ2n) is 4.91. The van der Waals surface area contributed by atoms with E-state index < -0.39 is 5.91 Å². The number of rotatable bonds is 5. The van der Waals surface area contributed by atoms with Crippen LogP contribution in [0.25, 0.3) is 6.08 Å². The van der Waals surface area contributed by atoms with Gasteiger partial charge in [0, 0.05) is 9.26 Å². The zero-order valence-electron chi connectivity index (χ0n) is 13.2. The van der Waals surface area contributed by atoms with Crippen LogP contribution in [0.1, 0.15) is 12.5 Å². The maximum Gasteiger partial charge on any atom is 0.266 e. The Balaban J connectivity index is 2.29. The van der Waals surface area contributed by atoms with E-state index in [0.717, 1.165) is 3.57 Å². The van der Waals surface area contributed by atoms with E-state index in [2.05, 4.69) is 43.8 Å². The number of amides is 1. The van der Waals surface area contributed by atoms with Gasteiger partial charge in [-0.2, -0.15) is 5.26 Å². The van der Waals surface area contributed by atoms with E-state index in [0.29, 0.717) is 22.3 Å². The highest BCUT2D eigenvalue weighted by Gasteiger charge is 2.12. The average Bonchev–Trinajstić information content (AvgIpc) is 2.59. The minimum absolute atomic E-state index is 0.0270. The molecule has 0 aliphatic carbocycles. The molecule has 0 radical (unpaired) electrons. The smallest absolute Gasteiger partial charge is 0.266 e. The monoisotopic (exact) mass is 512 g/mol. The number of halogens is 2. The molecule has 128 valence electrons. The van der Waals surface area contributed by atoms with Crippen molar-refractivity contribution >= 4 is 56.2 Å². The van der Waals surface area contributed by atoms with Gasteiger partial charge < -0.3 is 15.2 Å². The molecule has 0 saturated heterocycles. The van der Waals surface area contributed by atoms with Crippen LogP contribution in [0, 0.1) is 14.9 Å². The number of phenolic OH excluding ortho intramolecular Hbond substituents is 1. The molecule has 2 N–H and O–H groups in total. The third-order valence-corrected chi connectivity index (χ3v) is 4.45. The minimum Gasteiger partial charge on any atom is -0.503 e. The van der Waals surface area contributed by atoms with E-state index in [4.69, 9.17) is 4.74 Å². The summed E-state index contributed by atoms with van der Waals surface area (Å²) < 4.78 is 6.81. The van der Waals surface area contributed by atoms with E-state index in [1.165, 1.54) is 6.08 Å². The van der Waals surface area contributed by atoms with Crippen LogP contribution in [0.5, 0.6) is 11.5 Å². The van der Waals surface area contributed by atoms with Gasteiger partial charge in [0.15, 0.2) is 11.5 Å². The Morgan fingerprint density at radius 3 is 2.68 bits per heavy atom. The highest BCUT2D eigenvalue weighted by Crippen LogP contribution is 2.36. The number of carbonyl (C=O) groups is 1. The van der Waals surface area contributed by atoms with Crippen LogP contribution < -0.4 is 10.1 Å². The molecule has 0 spiro atoms. The molecule has 0 heterocycles. The number of hydrogen-bond acceptors (Lipinski definition) is 4. The van der Waals surface area contributed by atoms with Gasteiger partial charge in [0.1, 0.15) is 11.6 Å². The highest BCUT2D eigenvalue weighted by atomic mass is 127. The first kappa shape index (κ1) is 19.3. The predicted molar refractivity (Wildman–Crippen MR) is 108 cm³/mol. The molecular formula is C18H14BrIN2O3. The SMILES string of the molecule is CCOc1cc(/C=C(/C#N)C(=O)Nc2ccc(I)cc2)cc(Br)c1O. The van der Waals surface area contributed by atoms with E-state index in [-0.39, 0.29) is 17.1 Å². The number of aromatic hydroxyl groups is 1. The van der Waals surface area contributed by atoms with Gasteiger partial charge in [-0.05, 0) is 93.5 Å². The van der Waals surface area contributed by atoms with Crippen molar-refractivity contribution < 1.29 is 14.6 Å². The van der Waals surface area contributed by atoms with Gasteiger partial charge in [0.25, 0.3) is 5.91 Å². The molecule has 2 aromatic carbocycles. The molecule has 2 aromatic rings. The first-order valence-corrected chi connectivity index (χ1v) is 9.15. The summed E-state index contributed by atoms with van der Waals surface area (Å²) >= 11 is 5.40. The molecule has 0 aliphatic heterocycles. The fraction of sp³-hybridized carbons (Fsp3) is 0.111. The second-order valence-corrected chi connectivity index (χ2v) is 7.01. The molecular weight excluding hydrogens is 499 g/mol. The standard InChI is InChI=1S/C18H14BrIN2O3/c1-2-25-16-9-11(8-15(19)17(16)23)7-12(10-21)18(24)22-14-5-3-13(20)4-6-14/h3-9,23H,2H2,1H3,(H,22,24)/b12-7-. The molecule has 7 heteroatoms. The number of phenols is 1. The lowest BCUT2D eigenvalue weighted by Crippen LogP contribution is -2.13. The van der Waals surface area contributed by atoms with Crippen LogP contribution in [0.3, 0.4) is 0 Å². The normalized spacial score (nSPS) is 10.9. The first-order chi connectivity index (χ1) is 11.9. The molecule has 1 amide bonds.